The Hall–Kier alpha value is -0.960. The minimum absolute atomic E-state index is 0.222. The fourth-order valence-corrected chi connectivity index (χ4v) is 1.40. The summed E-state index contributed by atoms with van der Waals surface area (Å²) >= 11 is 5.62. The van der Waals surface area contributed by atoms with Crippen LogP contribution in [0.3, 0.4) is 0 Å². The summed E-state index contributed by atoms with van der Waals surface area (Å²) in [5, 5.41) is 3.32. The summed E-state index contributed by atoms with van der Waals surface area (Å²) in [7, 11) is 0. The lowest BCUT2D eigenvalue weighted by molar-refractivity contribution is 1.11. The maximum absolute atomic E-state index is 11.0. The van der Waals surface area contributed by atoms with E-state index in [2.05, 4.69) is 10.3 Å². The molecule has 4 heteroatoms. The normalized spacial score (nSPS) is 14.3. The van der Waals surface area contributed by atoms with Crippen molar-refractivity contribution in [3.63, 3.8) is 0 Å². The average Bonchev–Trinajstić information content (AvgIpc) is 2.36. The maximum atomic E-state index is 11.0. The molecule has 58 valence electrons. The summed E-state index contributed by atoms with van der Waals surface area (Å²) in [5.74, 6) is 0.819. The second kappa shape index (κ2) is 2.27. The van der Waals surface area contributed by atoms with Gasteiger partial charge in [0.2, 0.25) is 0 Å². The van der Waals surface area contributed by atoms with E-state index in [9.17, 15) is 4.79 Å². The smallest absolute Gasteiger partial charge is 0.268 e. The third kappa shape index (κ3) is 1.01. The molecule has 1 aromatic rings. The molecule has 0 radical (unpaired) electrons. The van der Waals surface area contributed by atoms with Crippen LogP contribution in [0.2, 0.25) is 5.02 Å². The van der Waals surface area contributed by atoms with Gasteiger partial charge in [-0.3, -0.25) is 4.79 Å². The first-order valence-corrected chi connectivity index (χ1v) is 3.81. The number of hydrogen-bond acceptors (Lipinski definition) is 2. The Balaban J connectivity index is 2.66. The fourth-order valence-electron chi connectivity index (χ4n) is 1.22. The van der Waals surface area contributed by atoms with Crippen LogP contribution in [0.1, 0.15) is 5.56 Å². The molecule has 0 aliphatic carbocycles. The summed E-state index contributed by atoms with van der Waals surface area (Å²) in [5.41, 5.74) is 0.870. The number of aromatic amines is 1. The Bertz CT molecular complexity index is 345. The lowest BCUT2D eigenvalue weighted by Crippen LogP contribution is -2.08. The lowest BCUT2D eigenvalue weighted by Gasteiger charge is -1.97. The van der Waals surface area contributed by atoms with Gasteiger partial charge in [0.05, 0.1) is 0 Å². The molecular formula is C7H7ClN2O. The highest BCUT2D eigenvalue weighted by atomic mass is 35.5. The molecule has 0 fully saturated rings. The van der Waals surface area contributed by atoms with Crippen molar-refractivity contribution in [2.45, 2.75) is 6.42 Å². The predicted octanol–water partition coefficient (Wildman–Crippen LogP) is 0.996. The first-order chi connectivity index (χ1) is 5.27. The van der Waals surface area contributed by atoms with Crippen LogP contribution >= 0.6 is 11.6 Å². The minimum Gasteiger partial charge on any atom is -0.371 e. The summed E-state index contributed by atoms with van der Waals surface area (Å²) in [6.07, 6.45) is 0.936. The highest BCUT2D eigenvalue weighted by Gasteiger charge is 2.11. The molecule has 0 saturated carbocycles. The Morgan fingerprint density at radius 1 is 1.55 bits per heavy atom. The van der Waals surface area contributed by atoms with Gasteiger partial charge in [0.25, 0.3) is 5.56 Å². The lowest BCUT2D eigenvalue weighted by atomic mass is 10.2. The first-order valence-electron chi connectivity index (χ1n) is 3.43. The van der Waals surface area contributed by atoms with Crippen LogP contribution < -0.4 is 10.9 Å². The van der Waals surface area contributed by atoms with E-state index in [1.807, 2.05) is 0 Å². The van der Waals surface area contributed by atoms with E-state index in [0.717, 1.165) is 24.3 Å². The zero-order valence-corrected chi connectivity index (χ0v) is 6.53. The molecule has 2 rings (SSSR count). The van der Waals surface area contributed by atoms with Crippen LogP contribution in [0.15, 0.2) is 10.9 Å². The second-order valence-electron chi connectivity index (χ2n) is 2.52. The molecular weight excluding hydrogens is 164 g/mol. The molecule has 1 aliphatic rings. The van der Waals surface area contributed by atoms with Gasteiger partial charge in [-0.1, -0.05) is 11.6 Å². The van der Waals surface area contributed by atoms with Gasteiger partial charge in [-0.2, -0.15) is 0 Å². The number of halogens is 1. The molecule has 0 atom stereocenters. The molecule has 1 aromatic heterocycles. The van der Waals surface area contributed by atoms with Gasteiger partial charge in [0.15, 0.2) is 0 Å². The van der Waals surface area contributed by atoms with Gasteiger partial charge in [-0.25, -0.2) is 0 Å². The molecule has 0 saturated heterocycles. The van der Waals surface area contributed by atoms with E-state index < -0.39 is 0 Å². The van der Waals surface area contributed by atoms with Gasteiger partial charge in [-0.15, -0.1) is 0 Å². The Labute approximate surface area is 68.4 Å². The van der Waals surface area contributed by atoms with E-state index >= 15 is 0 Å². The van der Waals surface area contributed by atoms with Crippen molar-refractivity contribution in [3.05, 3.63) is 27.0 Å². The van der Waals surface area contributed by atoms with E-state index in [-0.39, 0.29) is 10.6 Å². The summed E-state index contributed by atoms with van der Waals surface area (Å²) in [4.78, 5) is 13.6. The monoisotopic (exact) mass is 170 g/mol. The Kier molecular flexibility index (Phi) is 1.39. The maximum Gasteiger partial charge on any atom is 0.268 e. The van der Waals surface area contributed by atoms with Gasteiger partial charge in [-0.05, 0) is 18.1 Å². The van der Waals surface area contributed by atoms with E-state index in [1.54, 1.807) is 6.07 Å². The molecule has 2 N–H and O–H groups in total. The van der Waals surface area contributed by atoms with Crippen molar-refractivity contribution in [2.24, 2.45) is 0 Å². The molecule has 0 bridgehead atoms. The number of anilines is 1. The number of pyridine rings is 1. The Morgan fingerprint density at radius 3 is 3.18 bits per heavy atom. The number of H-pyrrole nitrogens is 1. The molecule has 11 heavy (non-hydrogen) atoms. The standard InChI is InChI=1S/C7H7ClN2O/c8-5-3-4-1-2-9-6(4)10-7(5)11/h3H,1-2H2,(H2,9,10,11). The molecule has 0 aromatic carbocycles. The summed E-state index contributed by atoms with van der Waals surface area (Å²) < 4.78 is 0. The highest BCUT2D eigenvalue weighted by molar-refractivity contribution is 6.30. The van der Waals surface area contributed by atoms with Gasteiger partial charge < -0.3 is 10.3 Å². The van der Waals surface area contributed by atoms with Crippen molar-refractivity contribution >= 4 is 17.4 Å². The van der Waals surface area contributed by atoms with Crippen molar-refractivity contribution in [3.8, 4) is 0 Å². The van der Waals surface area contributed by atoms with E-state index in [1.165, 1.54) is 0 Å². The Morgan fingerprint density at radius 2 is 2.36 bits per heavy atom. The van der Waals surface area contributed by atoms with E-state index in [0.29, 0.717) is 0 Å². The summed E-state index contributed by atoms with van der Waals surface area (Å²) in [6, 6.07) is 1.72. The minimum atomic E-state index is -0.222. The van der Waals surface area contributed by atoms with Crippen LogP contribution in [0.5, 0.6) is 0 Å². The van der Waals surface area contributed by atoms with Crippen molar-refractivity contribution < 1.29 is 0 Å². The molecule has 2 heterocycles. The van der Waals surface area contributed by atoms with Crippen LogP contribution in [0, 0.1) is 0 Å². The third-order valence-electron chi connectivity index (χ3n) is 1.77. The SMILES string of the molecule is O=c1[nH]c2c(cc1Cl)CCN2. The molecule has 0 amide bonds. The van der Waals surface area contributed by atoms with Crippen LogP contribution in [-0.4, -0.2) is 11.5 Å². The molecule has 1 aliphatic heterocycles. The van der Waals surface area contributed by atoms with Gasteiger partial charge in [0.1, 0.15) is 10.8 Å². The molecule has 0 unspecified atom stereocenters. The first kappa shape index (κ1) is 6.73. The number of nitrogens with one attached hydrogen (secondary N) is 2. The fraction of sp³-hybridized carbons (Fsp3) is 0.286. The zero-order chi connectivity index (χ0) is 7.84. The topological polar surface area (TPSA) is 44.9 Å². The number of fused-ring (bicyclic) bond motifs is 1. The predicted molar refractivity (Wildman–Crippen MR) is 44.3 cm³/mol. The number of aromatic nitrogens is 1. The summed E-state index contributed by atoms with van der Waals surface area (Å²) in [6.45, 7) is 0.881. The van der Waals surface area contributed by atoms with Gasteiger partial charge >= 0.3 is 0 Å². The average molecular weight is 171 g/mol. The molecule has 0 spiro atoms. The number of hydrogen-bond donors (Lipinski definition) is 2. The largest absolute Gasteiger partial charge is 0.371 e. The van der Waals surface area contributed by atoms with Crippen molar-refractivity contribution in [1.29, 1.82) is 0 Å². The molecule has 3 nitrogen and oxygen atoms in total. The van der Waals surface area contributed by atoms with Crippen LogP contribution in [0.25, 0.3) is 0 Å². The zero-order valence-electron chi connectivity index (χ0n) is 5.78. The van der Waals surface area contributed by atoms with Crippen molar-refractivity contribution in [2.75, 3.05) is 11.9 Å². The number of rotatable bonds is 0. The quantitative estimate of drug-likeness (QED) is 0.610. The second-order valence-corrected chi connectivity index (χ2v) is 2.93. The van der Waals surface area contributed by atoms with Crippen molar-refractivity contribution in [1.82, 2.24) is 4.98 Å². The highest BCUT2D eigenvalue weighted by Crippen LogP contribution is 2.19. The third-order valence-corrected chi connectivity index (χ3v) is 2.05. The van der Waals surface area contributed by atoms with Crippen LogP contribution in [-0.2, 0) is 6.42 Å². The van der Waals surface area contributed by atoms with E-state index in [4.69, 9.17) is 11.6 Å². The van der Waals surface area contributed by atoms with Gasteiger partial charge in [0, 0.05) is 6.54 Å². The van der Waals surface area contributed by atoms with Crippen LogP contribution in [0.4, 0.5) is 5.82 Å².